The van der Waals surface area contributed by atoms with Gasteiger partial charge in [0.25, 0.3) is 0 Å². The van der Waals surface area contributed by atoms with Crippen molar-refractivity contribution in [3.8, 4) is 0 Å². The first-order chi connectivity index (χ1) is 9.93. The summed E-state index contributed by atoms with van der Waals surface area (Å²) >= 11 is 0. The van der Waals surface area contributed by atoms with Gasteiger partial charge in [-0.25, -0.2) is 0 Å². The van der Waals surface area contributed by atoms with Crippen LogP contribution in [0.4, 0.5) is 5.69 Å². The maximum atomic E-state index is 12.0. The van der Waals surface area contributed by atoms with E-state index < -0.39 is 0 Å². The molecule has 0 aliphatic heterocycles. The molecule has 0 atom stereocenters. The number of hydrogen-bond donors (Lipinski definition) is 0. The van der Waals surface area contributed by atoms with Gasteiger partial charge >= 0.3 is 5.97 Å². The lowest BCUT2D eigenvalue weighted by Gasteiger charge is -2.16. The van der Waals surface area contributed by atoms with Gasteiger partial charge in [-0.15, -0.1) is 0 Å². The second-order valence-corrected chi connectivity index (χ2v) is 5.20. The van der Waals surface area contributed by atoms with Gasteiger partial charge < -0.3 is 14.5 Å². The molecular formula is C16H24N2O3. The maximum Gasteiger partial charge on any atom is 0.307 e. The van der Waals surface area contributed by atoms with Gasteiger partial charge in [0.05, 0.1) is 13.5 Å². The number of aryl methyl sites for hydroxylation is 1. The first-order valence-corrected chi connectivity index (χ1v) is 7.01. The van der Waals surface area contributed by atoms with Gasteiger partial charge in [-0.3, -0.25) is 9.59 Å². The van der Waals surface area contributed by atoms with Crippen molar-refractivity contribution in [2.45, 2.75) is 19.3 Å². The number of hydrogen-bond acceptors (Lipinski definition) is 4. The highest BCUT2D eigenvalue weighted by atomic mass is 16.5. The molecule has 0 aliphatic carbocycles. The van der Waals surface area contributed by atoms with E-state index in [0.717, 1.165) is 11.3 Å². The van der Waals surface area contributed by atoms with E-state index in [-0.39, 0.29) is 18.3 Å². The number of anilines is 1. The summed E-state index contributed by atoms with van der Waals surface area (Å²) in [5.74, 6) is -0.260. The molecule has 0 aliphatic rings. The predicted octanol–water partition coefficient (Wildman–Crippen LogP) is 1.71. The van der Waals surface area contributed by atoms with Crippen LogP contribution in [0.25, 0.3) is 0 Å². The van der Waals surface area contributed by atoms with Gasteiger partial charge in [-0.05, 0) is 24.1 Å². The van der Waals surface area contributed by atoms with E-state index in [9.17, 15) is 9.59 Å². The fraction of sp³-hybridized carbons (Fsp3) is 0.500. The van der Waals surface area contributed by atoms with Crippen LogP contribution in [0.2, 0.25) is 0 Å². The normalized spacial score (nSPS) is 10.1. The third-order valence-corrected chi connectivity index (χ3v) is 3.39. The number of amides is 1. The van der Waals surface area contributed by atoms with Gasteiger partial charge in [0.2, 0.25) is 5.91 Å². The smallest absolute Gasteiger partial charge is 0.307 e. The van der Waals surface area contributed by atoms with Crippen LogP contribution >= 0.6 is 0 Å². The Morgan fingerprint density at radius 2 is 1.67 bits per heavy atom. The zero-order valence-corrected chi connectivity index (χ0v) is 13.3. The third kappa shape index (κ3) is 5.85. The summed E-state index contributed by atoms with van der Waals surface area (Å²) in [6, 6.07) is 8.16. The summed E-state index contributed by atoms with van der Waals surface area (Å²) in [4.78, 5) is 26.6. The lowest BCUT2D eigenvalue weighted by Crippen LogP contribution is -2.29. The van der Waals surface area contributed by atoms with Crippen LogP contribution in [0.15, 0.2) is 24.3 Å². The summed E-state index contributed by atoms with van der Waals surface area (Å²) < 4.78 is 4.56. The number of benzene rings is 1. The molecule has 1 amide bonds. The molecule has 0 aromatic heterocycles. The van der Waals surface area contributed by atoms with E-state index in [2.05, 4.69) is 4.74 Å². The molecule has 0 heterocycles. The lowest BCUT2D eigenvalue weighted by atomic mass is 10.1. The van der Waals surface area contributed by atoms with Crippen LogP contribution in [-0.2, 0) is 20.7 Å². The number of ether oxygens (including phenoxy) is 1. The van der Waals surface area contributed by atoms with Crippen molar-refractivity contribution in [1.82, 2.24) is 4.90 Å². The molecule has 0 spiro atoms. The highest BCUT2D eigenvalue weighted by Gasteiger charge is 2.11. The molecule has 0 unspecified atom stereocenters. The van der Waals surface area contributed by atoms with E-state index in [1.54, 1.807) is 11.9 Å². The monoisotopic (exact) mass is 292 g/mol. The van der Waals surface area contributed by atoms with E-state index in [4.69, 9.17) is 0 Å². The van der Waals surface area contributed by atoms with Gasteiger partial charge in [0.15, 0.2) is 0 Å². The van der Waals surface area contributed by atoms with E-state index in [1.165, 1.54) is 7.11 Å². The zero-order valence-electron chi connectivity index (χ0n) is 13.3. The third-order valence-electron chi connectivity index (χ3n) is 3.39. The maximum absolute atomic E-state index is 12.0. The summed E-state index contributed by atoms with van der Waals surface area (Å²) in [6.45, 7) is 0.394. The number of carbonyl (C=O) groups excluding carboxylic acids is 2. The molecule has 21 heavy (non-hydrogen) atoms. The molecule has 1 rings (SSSR count). The Morgan fingerprint density at radius 1 is 1.05 bits per heavy atom. The van der Waals surface area contributed by atoms with Crippen molar-refractivity contribution in [1.29, 1.82) is 0 Å². The number of esters is 1. The molecular weight excluding hydrogens is 268 g/mol. The van der Waals surface area contributed by atoms with E-state index >= 15 is 0 Å². The molecule has 0 fully saturated rings. The Bertz CT molecular complexity index is 469. The molecule has 0 saturated heterocycles. The van der Waals surface area contributed by atoms with Gasteiger partial charge in [-0.2, -0.15) is 0 Å². The molecule has 1 aromatic carbocycles. The summed E-state index contributed by atoms with van der Waals surface area (Å²) in [6.07, 6.45) is 1.38. The average Bonchev–Trinajstić information content (AvgIpc) is 2.50. The highest BCUT2D eigenvalue weighted by Crippen LogP contribution is 2.13. The molecule has 1 aromatic rings. The molecule has 0 bridgehead atoms. The van der Waals surface area contributed by atoms with Crippen LogP contribution in [-0.4, -0.2) is 51.6 Å². The summed E-state index contributed by atoms with van der Waals surface area (Å²) in [7, 11) is 7.05. The molecule has 0 radical (unpaired) electrons. The molecule has 0 N–H and O–H groups in total. The molecule has 5 nitrogen and oxygen atoms in total. The first kappa shape index (κ1) is 17.0. The topological polar surface area (TPSA) is 49.9 Å². The minimum atomic E-state index is -0.297. The van der Waals surface area contributed by atoms with Crippen molar-refractivity contribution in [3.63, 3.8) is 0 Å². The van der Waals surface area contributed by atoms with Crippen molar-refractivity contribution < 1.29 is 14.3 Å². The van der Waals surface area contributed by atoms with Crippen molar-refractivity contribution >= 4 is 17.6 Å². The second-order valence-electron chi connectivity index (χ2n) is 5.20. The Morgan fingerprint density at radius 3 is 2.19 bits per heavy atom. The minimum absolute atomic E-state index is 0.0376. The Balaban J connectivity index is 2.39. The molecule has 116 valence electrons. The lowest BCUT2D eigenvalue weighted by molar-refractivity contribution is -0.141. The van der Waals surface area contributed by atoms with E-state index in [1.807, 2.05) is 43.3 Å². The summed E-state index contributed by atoms with van der Waals surface area (Å²) in [5.41, 5.74) is 2.27. The van der Waals surface area contributed by atoms with Crippen LogP contribution in [0.3, 0.4) is 0 Å². The zero-order chi connectivity index (χ0) is 15.8. The van der Waals surface area contributed by atoms with Crippen LogP contribution in [0.5, 0.6) is 0 Å². The Hall–Kier alpha value is -2.04. The van der Waals surface area contributed by atoms with Crippen molar-refractivity contribution in [2.75, 3.05) is 39.7 Å². The SMILES string of the molecule is COC(=O)CCN(C)C(=O)CCc1ccc(N(C)C)cc1. The number of nitrogens with zero attached hydrogens (tertiary/aromatic N) is 2. The van der Waals surface area contributed by atoms with E-state index in [0.29, 0.717) is 19.4 Å². The predicted molar refractivity (Wildman–Crippen MR) is 83.4 cm³/mol. The van der Waals surface area contributed by atoms with Crippen LogP contribution in [0, 0.1) is 0 Å². The Labute approximate surface area is 126 Å². The van der Waals surface area contributed by atoms with Crippen molar-refractivity contribution in [2.24, 2.45) is 0 Å². The number of methoxy groups -OCH3 is 1. The Kier molecular flexibility index (Phi) is 6.72. The highest BCUT2D eigenvalue weighted by molar-refractivity contribution is 5.77. The van der Waals surface area contributed by atoms with Gasteiger partial charge in [-0.1, -0.05) is 12.1 Å². The van der Waals surface area contributed by atoms with Gasteiger partial charge in [0, 0.05) is 39.8 Å². The first-order valence-electron chi connectivity index (χ1n) is 7.01. The van der Waals surface area contributed by atoms with Crippen LogP contribution in [0.1, 0.15) is 18.4 Å². The standard InChI is InChI=1S/C16H24N2O3/c1-17(2)14-8-5-13(6-9-14)7-10-15(19)18(3)12-11-16(20)21-4/h5-6,8-9H,7,10-12H2,1-4H3. The van der Waals surface area contributed by atoms with Crippen molar-refractivity contribution in [3.05, 3.63) is 29.8 Å². The van der Waals surface area contributed by atoms with Gasteiger partial charge in [0.1, 0.15) is 0 Å². The average molecular weight is 292 g/mol. The second kappa shape index (κ2) is 8.29. The number of carbonyl (C=O) groups is 2. The molecule has 5 heteroatoms. The largest absolute Gasteiger partial charge is 0.469 e. The fourth-order valence-electron chi connectivity index (χ4n) is 1.89. The number of rotatable bonds is 7. The van der Waals surface area contributed by atoms with Crippen LogP contribution < -0.4 is 4.90 Å². The minimum Gasteiger partial charge on any atom is -0.469 e. The fourth-order valence-corrected chi connectivity index (χ4v) is 1.89. The summed E-state index contributed by atoms with van der Waals surface area (Å²) in [5, 5.41) is 0. The quantitative estimate of drug-likeness (QED) is 0.718. The molecule has 0 saturated carbocycles.